The standard InChI is InChI=1S/C20H24N8O2S2/c1-4-9-28-16(25-26-20(28)31)15-12(2)22-19(32-15)24-17(29)13-6-10-27(11-7-13)18-21-8-5-14(23-18)30-3/h4-5,8,13H,1,6-7,9-11H2,2-3H3,(H,26,31)(H,22,24,29). The minimum Gasteiger partial charge on any atom is -0.481 e. The molecule has 1 aliphatic rings. The van der Waals surface area contributed by atoms with E-state index in [9.17, 15) is 4.79 Å². The summed E-state index contributed by atoms with van der Waals surface area (Å²) in [6.07, 6.45) is 4.86. The molecule has 3 aromatic heterocycles. The quantitative estimate of drug-likeness (QED) is 0.398. The van der Waals surface area contributed by atoms with E-state index in [2.05, 4.69) is 41.9 Å². The van der Waals surface area contributed by atoms with Crippen LogP contribution < -0.4 is 15.0 Å². The average Bonchev–Trinajstić information content (AvgIpc) is 3.35. The van der Waals surface area contributed by atoms with Gasteiger partial charge in [0, 0.05) is 37.8 Å². The Balaban J connectivity index is 1.40. The molecule has 3 aromatic rings. The summed E-state index contributed by atoms with van der Waals surface area (Å²) in [7, 11) is 1.58. The molecule has 12 heteroatoms. The normalized spacial score (nSPS) is 14.4. The number of aromatic nitrogens is 6. The van der Waals surface area contributed by atoms with Gasteiger partial charge in [-0.3, -0.25) is 14.5 Å². The largest absolute Gasteiger partial charge is 0.481 e. The first-order chi connectivity index (χ1) is 15.5. The van der Waals surface area contributed by atoms with Gasteiger partial charge in [0.2, 0.25) is 17.7 Å². The number of hydrogen-bond acceptors (Lipinski definition) is 9. The SMILES string of the molecule is C=CCn1c(-c2sc(NC(=O)C3CCN(c4nccc(OC)n4)CC3)nc2C)n[nH]c1=S. The summed E-state index contributed by atoms with van der Waals surface area (Å²) < 4.78 is 7.54. The number of ether oxygens (including phenoxy) is 1. The van der Waals surface area contributed by atoms with Crippen LogP contribution in [0.15, 0.2) is 24.9 Å². The molecule has 0 radical (unpaired) electrons. The zero-order chi connectivity index (χ0) is 22.7. The molecule has 0 aliphatic carbocycles. The van der Waals surface area contributed by atoms with Crippen LogP contribution in [0.1, 0.15) is 18.5 Å². The predicted octanol–water partition coefficient (Wildman–Crippen LogP) is 3.21. The molecule has 0 unspecified atom stereocenters. The highest BCUT2D eigenvalue weighted by atomic mass is 32.1. The number of aryl methyl sites for hydroxylation is 1. The molecule has 1 saturated heterocycles. The third-order valence-corrected chi connectivity index (χ3v) is 6.66. The fourth-order valence-corrected chi connectivity index (χ4v) is 4.77. The number of nitrogens with one attached hydrogen (secondary N) is 2. The minimum absolute atomic E-state index is 0.0264. The molecule has 0 bridgehead atoms. The first-order valence-corrected chi connectivity index (χ1v) is 11.4. The highest BCUT2D eigenvalue weighted by molar-refractivity contribution is 7.71. The second-order valence-corrected chi connectivity index (χ2v) is 8.72. The van der Waals surface area contributed by atoms with Gasteiger partial charge in [0.05, 0.1) is 17.7 Å². The van der Waals surface area contributed by atoms with Crippen molar-refractivity contribution < 1.29 is 9.53 Å². The third-order valence-electron chi connectivity index (χ3n) is 5.27. The van der Waals surface area contributed by atoms with Gasteiger partial charge in [-0.05, 0) is 32.0 Å². The zero-order valence-corrected chi connectivity index (χ0v) is 19.5. The number of thiazole rings is 1. The van der Waals surface area contributed by atoms with Gasteiger partial charge >= 0.3 is 0 Å². The fraction of sp³-hybridized carbons (Fsp3) is 0.400. The van der Waals surface area contributed by atoms with Crippen molar-refractivity contribution in [2.24, 2.45) is 5.92 Å². The van der Waals surface area contributed by atoms with Crippen molar-refractivity contribution in [2.75, 3.05) is 30.4 Å². The van der Waals surface area contributed by atoms with Crippen LogP contribution in [0.2, 0.25) is 0 Å². The Hall–Kier alpha value is -3.12. The van der Waals surface area contributed by atoms with Gasteiger partial charge in [0.15, 0.2) is 15.7 Å². The van der Waals surface area contributed by atoms with Gasteiger partial charge in [-0.1, -0.05) is 17.4 Å². The van der Waals surface area contributed by atoms with E-state index < -0.39 is 0 Å². The van der Waals surface area contributed by atoms with E-state index in [1.807, 2.05) is 11.5 Å². The lowest BCUT2D eigenvalue weighted by Gasteiger charge is -2.31. The van der Waals surface area contributed by atoms with Crippen LogP contribution in [0.3, 0.4) is 0 Å². The highest BCUT2D eigenvalue weighted by Crippen LogP contribution is 2.32. The van der Waals surface area contributed by atoms with Gasteiger partial charge in [0.25, 0.3) is 0 Å². The second-order valence-electron chi connectivity index (χ2n) is 7.33. The number of allylic oxidation sites excluding steroid dienone is 1. The molecule has 10 nitrogen and oxygen atoms in total. The molecule has 2 N–H and O–H groups in total. The molecule has 0 saturated carbocycles. The van der Waals surface area contributed by atoms with Gasteiger partial charge < -0.3 is 15.0 Å². The maximum absolute atomic E-state index is 12.9. The third kappa shape index (κ3) is 4.55. The number of rotatable bonds is 7. The summed E-state index contributed by atoms with van der Waals surface area (Å²) >= 11 is 6.68. The van der Waals surface area contributed by atoms with E-state index in [1.165, 1.54) is 11.3 Å². The number of anilines is 2. The molecule has 168 valence electrons. The summed E-state index contributed by atoms with van der Waals surface area (Å²) in [4.78, 5) is 29.0. The average molecular weight is 473 g/mol. The van der Waals surface area contributed by atoms with Crippen LogP contribution in [0.5, 0.6) is 5.88 Å². The number of hydrogen-bond donors (Lipinski definition) is 2. The van der Waals surface area contributed by atoms with E-state index in [1.54, 1.807) is 25.4 Å². The predicted molar refractivity (Wildman–Crippen MR) is 126 cm³/mol. The molecule has 1 aliphatic heterocycles. The minimum atomic E-state index is -0.0974. The number of piperidine rings is 1. The van der Waals surface area contributed by atoms with Crippen molar-refractivity contribution in [3.63, 3.8) is 0 Å². The summed E-state index contributed by atoms with van der Waals surface area (Å²) in [5, 5.41) is 10.7. The Morgan fingerprint density at radius 3 is 2.94 bits per heavy atom. The molecular weight excluding hydrogens is 448 g/mol. The van der Waals surface area contributed by atoms with Crippen molar-refractivity contribution in [1.29, 1.82) is 0 Å². The molecule has 0 aromatic carbocycles. The number of carbonyl (C=O) groups excluding carboxylic acids is 1. The maximum atomic E-state index is 12.9. The van der Waals surface area contributed by atoms with Gasteiger partial charge in [-0.15, -0.1) is 6.58 Å². The maximum Gasteiger partial charge on any atom is 0.229 e. The Morgan fingerprint density at radius 2 is 2.22 bits per heavy atom. The van der Waals surface area contributed by atoms with Crippen LogP contribution in [0, 0.1) is 17.6 Å². The van der Waals surface area contributed by atoms with E-state index in [0.717, 1.165) is 10.6 Å². The number of nitrogens with zero attached hydrogens (tertiary/aromatic N) is 6. The van der Waals surface area contributed by atoms with Crippen LogP contribution in [-0.2, 0) is 11.3 Å². The fourth-order valence-electron chi connectivity index (χ4n) is 3.59. The van der Waals surface area contributed by atoms with Gasteiger partial charge in [-0.25, -0.2) is 9.97 Å². The van der Waals surface area contributed by atoms with E-state index >= 15 is 0 Å². The monoisotopic (exact) mass is 472 g/mol. The van der Waals surface area contributed by atoms with Crippen molar-refractivity contribution in [3.05, 3.63) is 35.4 Å². The molecule has 4 heterocycles. The van der Waals surface area contributed by atoms with Crippen LogP contribution in [0.4, 0.5) is 11.1 Å². The first kappa shape index (κ1) is 22.1. The van der Waals surface area contributed by atoms with E-state index in [-0.39, 0.29) is 11.8 Å². The zero-order valence-electron chi connectivity index (χ0n) is 17.9. The lowest BCUT2D eigenvalue weighted by Crippen LogP contribution is -2.39. The number of amides is 1. The Bertz CT molecular complexity index is 1180. The molecule has 1 fully saturated rings. The number of H-pyrrole nitrogens is 1. The summed E-state index contributed by atoms with van der Waals surface area (Å²) in [5.41, 5.74) is 0.787. The Morgan fingerprint density at radius 1 is 1.44 bits per heavy atom. The van der Waals surface area contributed by atoms with Crippen molar-refractivity contribution in [1.82, 2.24) is 29.7 Å². The summed E-state index contributed by atoms with van der Waals surface area (Å²) in [6.45, 7) is 7.60. The summed E-state index contributed by atoms with van der Waals surface area (Å²) in [5.74, 6) is 1.72. The van der Waals surface area contributed by atoms with Crippen LogP contribution in [-0.4, -0.2) is 55.8 Å². The Labute approximate surface area is 194 Å². The molecule has 32 heavy (non-hydrogen) atoms. The van der Waals surface area contributed by atoms with Crippen molar-refractivity contribution >= 4 is 40.5 Å². The van der Waals surface area contributed by atoms with Gasteiger partial charge in [-0.2, -0.15) is 10.1 Å². The Kier molecular flexibility index (Phi) is 6.61. The topological polar surface area (TPSA) is 114 Å². The lowest BCUT2D eigenvalue weighted by atomic mass is 9.96. The van der Waals surface area contributed by atoms with Crippen molar-refractivity contribution in [3.8, 4) is 16.6 Å². The summed E-state index contributed by atoms with van der Waals surface area (Å²) in [6, 6.07) is 1.71. The van der Waals surface area contributed by atoms with E-state index in [0.29, 0.717) is 60.0 Å². The molecule has 0 atom stereocenters. The number of methoxy groups -OCH3 is 1. The molecule has 0 spiro atoms. The lowest BCUT2D eigenvalue weighted by molar-refractivity contribution is -0.120. The molecule has 4 rings (SSSR count). The van der Waals surface area contributed by atoms with Crippen LogP contribution in [0.25, 0.3) is 10.7 Å². The number of aromatic amines is 1. The first-order valence-electron chi connectivity index (χ1n) is 10.2. The van der Waals surface area contributed by atoms with Gasteiger partial charge in [0.1, 0.15) is 0 Å². The number of carbonyl (C=O) groups is 1. The molecule has 1 amide bonds. The highest BCUT2D eigenvalue weighted by Gasteiger charge is 2.27. The van der Waals surface area contributed by atoms with E-state index in [4.69, 9.17) is 17.0 Å². The van der Waals surface area contributed by atoms with Crippen molar-refractivity contribution in [2.45, 2.75) is 26.3 Å². The molecular formula is C20H24N8O2S2. The van der Waals surface area contributed by atoms with Crippen LogP contribution >= 0.6 is 23.6 Å². The second kappa shape index (κ2) is 9.57. The smallest absolute Gasteiger partial charge is 0.229 e.